The highest BCUT2D eigenvalue weighted by molar-refractivity contribution is 7.97. The Morgan fingerprint density at radius 1 is 0.259 bits per heavy atom. The second kappa shape index (κ2) is 35.2. The fourth-order valence-electron chi connectivity index (χ4n) is 7.76. The number of rotatable bonds is 39. The molecule has 0 unspecified atom stereocenters. The van der Waals surface area contributed by atoms with Gasteiger partial charge in [-0.25, -0.2) is 0 Å². The van der Waals surface area contributed by atoms with Crippen molar-refractivity contribution >= 4 is 10.9 Å². The van der Waals surface area contributed by atoms with Gasteiger partial charge < -0.3 is 14.2 Å². The van der Waals surface area contributed by atoms with Crippen molar-refractivity contribution in [2.24, 2.45) is 0 Å². The third kappa shape index (κ3) is 23.9. The Morgan fingerprint density at radius 2 is 0.448 bits per heavy atom. The molecule has 4 heteroatoms. The molecule has 3 aromatic rings. The van der Waals surface area contributed by atoms with E-state index in [9.17, 15) is 0 Å². The van der Waals surface area contributed by atoms with Crippen LogP contribution in [0.5, 0.6) is 17.2 Å². The van der Waals surface area contributed by atoms with Crippen LogP contribution >= 0.6 is 0 Å². The highest BCUT2D eigenvalue weighted by atomic mass is 32.2. The number of ether oxygens (including phenoxy) is 3. The van der Waals surface area contributed by atoms with E-state index in [0.29, 0.717) is 0 Å². The summed E-state index contributed by atoms with van der Waals surface area (Å²) in [6.07, 6.45) is 40.2. The fraction of sp³-hybridized carbons (Fsp3) is 0.667. The largest absolute Gasteiger partial charge is 0.494 e. The number of unbranched alkanes of at least 4 members (excludes halogenated alkanes) is 27. The topological polar surface area (TPSA) is 27.7 Å². The molecule has 3 aromatic carbocycles. The van der Waals surface area contributed by atoms with Crippen LogP contribution in [0.2, 0.25) is 0 Å². The van der Waals surface area contributed by atoms with Gasteiger partial charge >= 0.3 is 0 Å². The zero-order valence-electron chi connectivity index (χ0n) is 37.9. The summed E-state index contributed by atoms with van der Waals surface area (Å²) in [5.74, 6) is 2.90. The number of hydrogen-bond acceptors (Lipinski definition) is 3. The van der Waals surface area contributed by atoms with Crippen LogP contribution in [0.4, 0.5) is 0 Å². The molecule has 3 nitrogen and oxygen atoms in total. The summed E-state index contributed by atoms with van der Waals surface area (Å²) in [7, 11) is -0.252. The van der Waals surface area contributed by atoms with Crippen molar-refractivity contribution in [3.8, 4) is 17.2 Å². The minimum absolute atomic E-state index is 0.252. The summed E-state index contributed by atoms with van der Waals surface area (Å²) in [4.78, 5) is 3.89. The van der Waals surface area contributed by atoms with E-state index in [0.717, 1.165) is 56.3 Å². The van der Waals surface area contributed by atoms with E-state index in [1.807, 2.05) is 0 Å². The molecular weight excluding hydrogens is 729 g/mol. The average molecular weight is 816 g/mol. The van der Waals surface area contributed by atoms with Crippen LogP contribution in [0, 0.1) is 0 Å². The van der Waals surface area contributed by atoms with E-state index in [-0.39, 0.29) is 10.9 Å². The molecule has 0 aliphatic rings. The van der Waals surface area contributed by atoms with Crippen LogP contribution in [-0.2, 0) is 10.9 Å². The van der Waals surface area contributed by atoms with Gasteiger partial charge in [-0.15, -0.1) is 0 Å². The summed E-state index contributed by atoms with van der Waals surface area (Å²) in [6.45, 7) is 9.25. The molecule has 0 aliphatic heterocycles. The highest BCUT2D eigenvalue weighted by Crippen LogP contribution is 2.34. The van der Waals surface area contributed by atoms with Gasteiger partial charge in [-0.05, 0) is 92.1 Å². The normalized spacial score (nSPS) is 11.4. The molecule has 0 spiro atoms. The predicted molar refractivity (Wildman–Crippen MR) is 254 cm³/mol. The van der Waals surface area contributed by atoms with Crippen LogP contribution in [0.3, 0.4) is 0 Å². The molecule has 0 heterocycles. The SMILES string of the molecule is CCCCCCCCCCCCOc1ccc([S+](c2ccc(OCCCCCCCCCCCC)cc2)c2ccc(OCCCCCCCCCCCC)cc2)cc1. The van der Waals surface area contributed by atoms with Crippen LogP contribution in [0.15, 0.2) is 87.5 Å². The first kappa shape index (κ1) is 49.8. The number of benzene rings is 3. The van der Waals surface area contributed by atoms with Gasteiger partial charge in [-0.2, -0.15) is 0 Å². The van der Waals surface area contributed by atoms with E-state index in [1.165, 1.54) is 188 Å². The highest BCUT2D eigenvalue weighted by Gasteiger charge is 2.29. The summed E-state index contributed by atoms with van der Waals surface area (Å²) in [6, 6.07) is 26.6. The van der Waals surface area contributed by atoms with Crippen molar-refractivity contribution in [2.45, 2.75) is 228 Å². The van der Waals surface area contributed by atoms with Crippen LogP contribution in [-0.4, -0.2) is 19.8 Å². The minimum Gasteiger partial charge on any atom is -0.494 e. The second-order valence-corrected chi connectivity index (χ2v) is 18.8. The van der Waals surface area contributed by atoms with E-state index >= 15 is 0 Å². The summed E-state index contributed by atoms with van der Waals surface area (Å²) >= 11 is 0. The first-order chi connectivity index (χ1) is 28.7. The van der Waals surface area contributed by atoms with E-state index in [1.54, 1.807) is 0 Å². The summed E-state index contributed by atoms with van der Waals surface area (Å²) < 4.78 is 18.6. The third-order valence-electron chi connectivity index (χ3n) is 11.5. The van der Waals surface area contributed by atoms with Gasteiger partial charge in [0.15, 0.2) is 14.7 Å². The molecular formula is C54H87O3S+. The molecule has 0 aromatic heterocycles. The van der Waals surface area contributed by atoms with Gasteiger partial charge in [0.05, 0.1) is 30.7 Å². The maximum atomic E-state index is 6.21. The first-order valence-electron chi connectivity index (χ1n) is 24.7. The van der Waals surface area contributed by atoms with Gasteiger partial charge in [-0.1, -0.05) is 194 Å². The van der Waals surface area contributed by atoms with Gasteiger partial charge in [0, 0.05) is 0 Å². The molecule has 0 radical (unpaired) electrons. The van der Waals surface area contributed by atoms with Crippen LogP contribution in [0.1, 0.15) is 213 Å². The van der Waals surface area contributed by atoms with Crippen molar-refractivity contribution in [1.82, 2.24) is 0 Å². The Labute approximate surface area is 361 Å². The molecule has 0 amide bonds. The lowest BCUT2D eigenvalue weighted by Crippen LogP contribution is -2.06. The summed E-state index contributed by atoms with van der Waals surface area (Å²) in [5.41, 5.74) is 0. The molecule has 0 N–H and O–H groups in total. The second-order valence-electron chi connectivity index (χ2n) is 16.8. The lowest BCUT2D eigenvalue weighted by atomic mass is 10.1. The zero-order valence-corrected chi connectivity index (χ0v) is 38.7. The molecule has 326 valence electrons. The van der Waals surface area contributed by atoms with Gasteiger partial charge in [0.1, 0.15) is 17.2 Å². The first-order valence-corrected chi connectivity index (χ1v) is 25.9. The quantitative estimate of drug-likeness (QED) is 0.0424. The van der Waals surface area contributed by atoms with Gasteiger partial charge in [0.25, 0.3) is 0 Å². The third-order valence-corrected chi connectivity index (χ3v) is 13.7. The van der Waals surface area contributed by atoms with Gasteiger partial charge in [0.2, 0.25) is 0 Å². The molecule has 0 bridgehead atoms. The Morgan fingerprint density at radius 3 is 0.655 bits per heavy atom. The van der Waals surface area contributed by atoms with Crippen molar-refractivity contribution in [3.63, 3.8) is 0 Å². The zero-order chi connectivity index (χ0) is 41.0. The molecule has 58 heavy (non-hydrogen) atoms. The smallest absolute Gasteiger partial charge is 0.166 e. The maximum absolute atomic E-state index is 6.21. The van der Waals surface area contributed by atoms with Crippen LogP contribution < -0.4 is 14.2 Å². The minimum atomic E-state index is -0.252. The van der Waals surface area contributed by atoms with Crippen molar-refractivity contribution in [2.75, 3.05) is 19.8 Å². The average Bonchev–Trinajstić information content (AvgIpc) is 3.25. The van der Waals surface area contributed by atoms with Crippen molar-refractivity contribution < 1.29 is 14.2 Å². The monoisotopic (exact) mass is 816 g/mol. The Kier molecular flexibility index (Phi) is 30.2. The number of hydrogen-bond donors (Lipinski definition) is 0. The van der Waals surface area contributed by atoms with E-state index in [2.05, 4.69) is 93.6 Å². The maximum Gasteiger partial charge on any atom is 0.166 e. The van der Waals surface area contributed by atoms with Gasteiger partial charge in [-0.3, -0.25) is 0 Å². The molecule has 0 saturated carbocycles. The molecule has 3 rings (SSSR count). The molecule has 0 fully saturated rings. The van der Waals surface area contributed by atoms with Crippen LogP contribution in [0.25, 0.3) is 0 Å². The van der Waals surface area contributed by atoms with Crippen molar-refractivity contribution in [1.29, 1.82) is 0 Å². The Hall–Kier alpha value is -2.59. The Bertz CT molecular complexity index is 1160. The van der Waals surface area contributed by atoms with Crippen molar-refractivity contribution in [3.05, 3.63) is 72.8 Å². The predicted octanol–water partition coefficient (Wildman–Crippen LogP) is 17.7. The standard InChI is InChI=1S/C54H87O3S/c1-4-7-10-13-16-19-22-25-28-31-46-55-49-34-40-52(41-35-49)58(53-42-36-50(37-43-53)56-47-32-29-26-23-20-17-14-11-8-5-2)54-44-38-51(39-45-54)57-48-33-30-27-24-21-18-15-12-9-6-3/h34-45H,4-33,46-48H2,1-3H3/q+1. The molecule has 0 aliphatic carbocycles. The summed E-state index contributed by atoms with van der Waals surface area (Å²) in [5, 5.41) is 0. The Balaban J connectivity index is 1.49. The van der Waals surface area contributed by atoms with E-state index < -0.39 is 0 Å². The van der Waals surface area contributed by atoms with E-state index in [4.69, 9.17) is 14.2 Å². The lowest BCUT2D eigenvalue weighted by Gasteiger charge is -2.12. The molecule has 0 saturated heterocycles. The lowest BCUT2D eigenvalue weighted by molar-refractivity contribution is 0.304. The molecule has 0 atom stereocenters. The fourth-order valence-corrected chi connectivity index (χ4v) is 9.80.